The van der Waals surface area contributed by atoms with Crippen LogP contribution in [0.25, 0.3) is 0 Å². The van der Waals surface area contributed by atoms with Crippen LogP contribution in [0.15, 0.2) is 0 Å². The Hall–Kier alpha value is -0.620. The second kappa shape index (κ2) is 3.75. The summed E-state index contributed by atoms with van der Waals surface area (Å²) >= 11 is 0. The molecule has 0 aliphatic carbocycles. The van der Waals surface area contributed by atoms with Crippen molar-refractivity contribution in [3.63, 3.8) is 0 Å². The molecule has 2 bridgehead atoms. The van der Waals surface area contributed by atoms with Crippen LogP contribution in [0.3, 0.4) is 0 Å². The summed E-state index contributed by atoms with van der Waals surface area (Å²) in [6.45, 7) is 1.82. The molecule has 3 atom stereocenters. The Bertz CT molecular complexity index is 364. The maximum absolute atomic E-state index is 11.7. The van der Waals surface area contributed by atoms with E-state index < -0.39 is 22.2 Å². The van der Waals surface area contributed by atoms with E-state index in [0.29, 0.717) is 13.0 Å². The monoisotopic (exact) mass is 233 g/mol. The van der Waals surface area contributed by atoms with Gasteiger partial charge in [0.05, 0.1) is 5.75 Å². The van der Waals surface area contributed by atoms with Crippen LogP contribution in [0.1, 0.15) is 26.2 Å². The first-order valence-corrected chi connectivity index (χ1v) is 6.77. The quantitative estimate of drug-likeness (QED) is 0.612. The number of nitrogens with zero attached hydrogens (tertiary/aromatic N) is 1. The fourth-order valence-electron chi connectivity index (χ4n) is 2.32. The lowest BCUT2D eigenvalue weighted by Gasteiger charge is -2.24. The van der Waals surface area contributed by atoms with Gasteiger partial charge >= 0.3 is 5.97 Å². The van der Waals surface area contributed by atoms with Crippen LogP contribution in [0, 0.1) is 5.92 Å². The molecule has 0 aromatic rings. The first-order valence-electron chi connectivity index (χ1n) is 5.16. The van der Waals surface area contributed by atoms with Gasteiger partial charge in [-0.3, -0.25) is 4.79 Å². The summed E-state index contributed by atoms with van der Waals surface area (Å²) < 4.78 is 29.8. The van der Waals surface area contributed by atoms with Crippen molar-refractivity contribution in [1.29, 1.82) is 0 Å². The molecule has 6 heteroatoms. The summed E-state index contributed by atoms with van der Waals surface area (Å²) in [6.07, 6.45) is 1.89. The first-order chi connectivity index (χ1) is 6.99. The molecule has 2 fully saturated rings. The number of sulfonamides is 1. The van der Waals surface area contributed by atoms with Crippen LogP contribution in [0.5, 0.6) is 0 Å². The third kappa shape index (κ3) is 2.15. The van der Waals surface area contributed by atoms with Crippen molar-refractivity contribution >= 4 is 16.0 Å². The van der Waals surface area contributed by atoms with Crippen LogP contribution in [0.4, 0.5) is 0 Å². The predicted molar refractivity (Wildman–Crippen MR) is 53.4 cm³/mol. The molecular weight excluding hydrogens is 218 g/mol. The van der Waals surface area contributed by atoms with Gasteiger partial charge < -0.3 is 4.74 Å². The molecular formula is C9H15NO4S. The second-order valence-electron chi connectivity index (χ2n) is 4.21. The minimum Gasteiger partial charge on any atom is -0.446 e. The van der Waals surface area contributed by atoms with E-state index in [9.17, 15) is 13.2 Å². The first kappa shape index (κ1) is 10.9. The van der Waals surface area contributed by atoms with Gasteiger partial charge in [-0.2, -0.15) is 4.31 Å². The summed E-state index contributed by atoms with van der Waals surface area (Å²) in [5, 5.41) is 0. The maximum Gasteiger partial charge on any atom is 0.304 e. The van der Waals surface area contributed by atoms with E-state index in [1.807, 2.05) is 0 Å². The fourth-order valence-corrected chi connectivity index (χ4v) is 4.32. The van der Waals surface area contributed by atoms with Crippen LogP contribution < -0.4 is 0 Å². The average molecular weight is 233 g/mol. The van der Waals surface area contributed by atoms with Gasteiger partial charge in [0.2, 0.25) is 10.0 Å². The van der Waals surface area contributed by atoms with Crippen molar-refractivity contribution in [3.8, 4) is 0 Å². The molecule has 15 heavy (non-hydrogen) atoms. The topological polar surface area (TPSA) is 63.7 Å². The van der Waals surface area contributed by atoms with E-state index in [-0.39, 0.29) is 11.7 Å². The number of hydrogen-bond donors (Lipinski definition) is 0. The second-order valence-corrected chi connectivity index (χ2v) is 6.18. The van der Waals surface area contributed by atoms with E-state index in [1.165, 1.54) is 11.2 Å². The van der Waals surface area contributed by atoms with Gasteiger partial charge in [-0.1, -0.05) is 0 Å². The Kier molecular flexibility index (Phi) is 2.72. The summed E-state index contributed by atoms with van der Waals surface area (Å²) in [5.74, 6) is 0.0150. The molecule has 0 saturated carbocycles. The van der Waals surface area contributed by atoms with Crippen molar-refractivity contribution < 1.29 is 17.9 Å². The number of esters is 1. The third-order valence-corrected chi connectivity index (χ3v) is 4.92. The molecule has 0 aromatic carbocycles. The highest BCUT2D eigenvalue weighted by molar-refractivity contribution is 7.89. The maximum atomic E-state index is 11.7. The van der Waals surface area contributed by atoms with Crippen molar-refractivity contribution in [1.82, 2.24) is 4.31 Å². The SMILES string of the molecule is CC(=O)O[C@@H]1CCC[C@@H]2CN1S(=O)(=O)C2. The molecule has 0 radical (unpaired) electrons. The highest BCUT2D eigenvalue weighted by Crippen LogP contribution is 2.32. The van der Waals surface area contributed by atoms with Crippen LogP contribution in [-0.4, -0.2) is 37.2 Å². The summed E-state index contributed by atoms with van der Waals surface area (Å²) in [6, 6.07) is 0. The van der Waals surface area contributed by atoms with Crippen molar-refractivity contribution in [3.05, 3.63) is 0 Å². The molecule has 0 aromatic heterocycles. The average Bonchev–Trinajstić information content (AvgIpc) is 2.28. The molecule has 2 aliphatic heterocycles. The van der Waals surface area contributed by atoms with Gasteiger partial charge in [0, 0.05) is 13.5 Å². The molecule has 2 rings (SSSR count). The Balaban J connectivity index is 2.20. The zero-order valence-electron chi connectivity index (χ0n) is 8.68. The van der Waals surface area contributed by atoms with Gasteiger partial charge in [0.25, 0.3) is 0 Å². The lowest BCUT2D eigenvalue weighted by Crippen LogP contribution is -2.39. The third-order valence-electron chi connectivity index (χ3n) is 2.93. The molecule has 2 heterocycles. The smallest absolute Gasteiger partial charge is 0.304 e. The minimum absolute atomic E-state index is 0.213. The molecule has 0 N–H and O–H groups in total. The van der Waals surface area contributed by atoms with Gasteiger partial charge in [0.1, 0.15) is 0 Å². The number of carbonyl (C=O) groups excluding carboxylic acids is 1. The Labute approximate surface area is 89.4 Å². The van der Waals surface area contributed by atoms with Crippen LogP contribution >= 0.6 is 0 Å². The molecule has 0 amide bonds. The van der Waals surface area contributed by atoms with Crippen LogP contribution in [0.2, 0.25) is 0 Å². The number of fused-ring (bicyclic) bond motifs is 2. The zero-order valence-corrected chi connectivity index (χ0v) is 9.50. The van der Waals surface area contributed by atoms with E-state index in [2.05, 4.69) is 0 Å². The lowest BCUT2D eigenvalue weighted by molar-refractivity contribution is -0.152. The van der Waals surface area contributed by atoms with Crippen molar-refractivity contribution in [2.24, 2.45) is 5.92 Å². The van der Waals surface area contributed by atoms with Crippen molar-refractivity contribution in [2.45, 2.75) is 32.4 Å². The molecule has 0 spiro atoms. The largest absolute Gasteiger partial charge is 0.446 e. The predicted octanol–water partition coefficient (Wildman–Crippen LogP) is 0.321. The number of hydrogen-bond acceptors (Lipinski definition) is 4. The van der Waals surface area contributed by atoms with Gasteiger partial charge in [-0.25, -0.2) is 8.42 Å². The lowest BCUT2D eigenvalue weighted by atomic mass is 10.1. The highest BCUT2D eigenvalue weighted by atomic mass is 32.2. The Morgan fingerprint density at radius 1 is 1.40 bits per heavy atom. The highest BCUT2D eigenvalue weighted by Gasteiger charge is 2.43. The van der Waals surface area contributed by atoms with E-state index >= 15 is 0 Å². The zero-order chi connectivity index (χ0) is 11.1. The van der Waals surface area contributed by atoms with Crippen molar-refractivity contribution in [2.75, 3.05) is 12.3 Å². The van der Waals surface area contributed by atoms with Gasteiger partial charge in [-0.05, 0) is 25.2 Å². The molecule has 5 nitrogen and oxygen atoms in total. The molecule has 1 unspecified atom stereocenters. The summed E-state index contributed by atoms with van der Waals surface area (Å²) in [4.78, 5) is 10.9. The molecule has 86 valence electrons. The van der Waals surface area contributed by atoms with Crippen LogP contribution in [-0.2, 0) is 19.6 Å². The Morgan fingerprint density at radius 2 is 2.13 bits per heavy atom. The standard InChI is InChI=1S/C9H15NO4S/c1-7(11)14-9-4-2-3-8-5-10(9)15(12,13)6-8/h8-9H,2-6H2,1H3/t8-,9-/m1/s1. The molecule has 2 aliphatic rings. The Morgan fingerprint density at radius 3 is 2.80 bits per heavy atom. The number of carbonyl (C=O) groups is 1. The summed E-state index contributed by atoms with van der Waals surface area (Å²) in [5.41, 5.74) is 0. The van der Waals surface area contributed by atoms with Gasteiger partial charge in [-0.15, -0.1) is 0 Å². The van der Waals surface area contributed by atoms with E-state index in [1.54, 1.807) is 0 Å². The fraction of sp³-hybridized carbons (Fsp3) is 0.889. The summed E-state index contributed by atoms with van der Waals surface area (Å²) in [7, 11) is -3.19. The normalized spacial score (nSPS) is 38.3. The minimum atomic E-state index is -3.19. The number of ether oxygens (including phenoxy) is 1. The van der Waals surface area contributed by atoms with Gasteiger partial charge in [0.15, 0.2) is 6.23 Å². The van der Waals surface area contributed by atoms with E-state index in [4.69, 9.17) is 4.74 Å². The molecule has 2 saturated heterocycles. The van der Waals surface area contributed by atoms with E-state index in [0.717, 1.165) is 12.8 Å². The number of rotatable bonds is 1.